The fourth-order valence-electron chi connectivity index (χ4n) is 1.41. The van der Waals surface area contributed by atoms with Crippen molar-refractivity contribution < 1.29 is 4.74 Å². The molecule has 2 heteroatoms. The third kappa shape index (κ3) is 4.84. The highest BCUT2D eigenvalue weighted by molar-refractivity contribution is 5.28. The molecule has 15 heavy (non-hydrogen) atoms. The second kappa shape index (κ2) is 6.46. The first kappa shape index (κ1) is 12.1. The van der Waals surface area contributed by atoms with Crippen LogP contribution in [0.5, 0.6) is 5.75 Å². The van der Waals surface area contributed by atoms with Crippen LogP contribution in [-0.2, 0) is 6.54 Å². The summed E-state index contributed by atoms with van der Waals surface area (Å²) in [6.07, 6.45) is 1.41. The van der Waals surface area contributed by atoms with Crippen LogP contribution in [0.25, 0.3) is 0 Å². The second-order valence-electron chi connectivity index (χ2n) is 3.99. The third-order valence-electron chi connectivity index (χ3n) is 2.03. The fourth-order valence-corrected chi connectivity index (χ4v) is 1.41. The van der Waals surface area contributed by atoms with Gasteiger partial charge < -0.3 is 10.1 Å². The van der Waals surface area contributed by atoms with Crippen molar-refractivity contribution in [2.45, 2.75) is 39.8 Å². The van der Waals surface area contributed by atoms with Gasteiger partial charge in [0.25, 0.3) is 0 Å². The van der Waals surface area contributed by atoms with E-state index in [-0.39, 0.29) is 6.10 Å². The molecule has 0 radical (unpaired) electrons. The SMILES string of the molecule is CCCNCc1cccc(OC(C)C)c1. The van der Waals surface area contributed by atoms with Gasteiger partial charge in [0.1, 0.15) is 5.75 Å². The van der Waals surface area contributed by atoms with Gasteiger partial charge >= 0.3 is 0 Å². The molecule has 1 rings (SSSR count). The predicted molar refractivity (Wildman–Crippen MR) is 64.2 cm³/mol. The molecule has 1 N–H and O–H groups in total. The maximum atomic E-state index is 5.63. The average molecular weight is 207 g/mol. The molecule has 0 bridgehead atoms. The predicted octanol–water partition coefficient (Wildman–Crippen LogP) is 2.97. The minimum absolute atomic E-state index is 0.240. The first-order valence-corrected chi connectivity index (χ1v) is 5.68. The second-order valence-corrected chi connectivity index (χ2v) is 3.99. The lowest BCUT2D eigenvalue weighted by atomic mass is 10.2. The van der Waals surface area contributed by atoms with Crippen LogP contribution >= 0.6 is 0 Å². The molecule has 1 aromatic rings. The van der Waals surface area contributed by atoms with Crippen molar-refractivity contribution in [2.24, 2.45) is 0 Å². The van der Waals surface area contributed by atoms with E-state index in [0.717, 1.165) is 18.8 Å². The van der Waals surface area contributed by atoms with Crippen molar-refractivity contribution in [3.8, 4) is 5.75 Å². The Kier molecular flexibility index (Phi) is 5.19. The molecule has 0 aliphatic heterocycles. The topological polar surface area (TPSA) is 21.3 Å². The quantitative estimate of drug-likeness (QED) is 0.724. The highest BCUT2D eigenvalue weighted by Gasteiger charge is 1.98. The number of benzene rings is 1. The van der Waals surface area contributed by atoms with E-state index in [9.17, 15) is 0 Å². The van der Waals surface area contributed by atoms with E-state index in [1.165, 1.54) is 12.0 Å². The molecule has 0 atom stereocenters. The Balaban J connectivity index is 2.50. The van der Waals surface area contributed by atoms with E-state index in [1.54, 1.807) is 0 Å². The lowest BCUT2D eigenvalue weighted by Gasteiger charge is -2.11. The molecule has 0 aliphatic rings. The van der Waals surface area contributed by atoms with Crippen LogP contribution < -0.4 is 10.1 Å². The van der Waals surface area contributed by atoms with Gasteiger partial charge in [-0.25, -0.2) is 0 Å². The molecule has 0 spiro atoms. The van der Waals surface area contributed by atoms with E-state index in [1.807, 2.05) is 26.0 Å². The maximum Gasteiger partial charge on any atom is 0.120 e. The minimum Gasteiger partial charge on any atom is -0.491 e. The zero-order valence-corrected chi connectivity index (χ0v) is 9.92. The molecule has 0 aromatic heterocycles. The Labute approximate surface area is 92.6 Å². The average Bonchev–Trinajstić information content (AvgIpc) is 2.18. The van der Waals surface area contributed by atoms with Crippen LogP contribution in [0, 0.1) is 0 Å². The van der Waals surface area contributed by atoms with E-state index in [0.29, 0.717) is 0 Å². The molecule has 2 nitrogen and oxygen atoms in total. The van der Waals surface area contributed by atoms with Gasteiger partial charge in [-0.2, -0.15) is 0 Å². The lowest BCUT2D eigenvalue weighted by Crippen LogP contribution is -2.14. The van der Waals surface area contributed by atoms with Crippen LogP contribution in [0.3, 0.4) is 0 Å². The number of rotatable bonds is 6. The molecule has 0 saturated heterocycles. The Morgan fingerprint density at radius 1 is 1.33 bits per heavy atom. The Hall–Kier alpha value is -1.02. The monoisotopic (exact) mass is 207 g/mol. The van der Waals surface area contributed by atoms with Crippen molar-refractivity contribution >= 4 is 0 Å². The number of nitrogens with one attached hydrogen (secondary N) is 1. The summed E-state index contributed by atoms with van der Waals surface area (Å²) in [4.78, 5) is 0. The maximum absolute atomic E-state index is 5.63. The summed E-state index contributed by atoms with van der Waals surface area (Å²) >= 11 is 0. The van der Waals surface area contributed by atoms with Crippen LogP contribution in [-0.4, -0.2) is 12.6 Å². The molecule has 0 saturated carbocycles. The van der Waals surface area contributed by atoms with Gasteiger partial charge in [-0.05, 0) is 44.5 Å². The zero-order valence-electron chi connectivity index (χ0n) is 9.92. The Morgan fingerprint density at radius 3 is 2.80 bits per heavy atom. The Morgan fingerprint density at radius 2 is 2.13 bits per heavy atom. The van der Waals surface area contributed by atoms with Gasteiger partial charge in [-0.3, -0.25) is 0 Å². The molecule has 0 aliphatic carbocycles. The molecule has 1 aromatic carbocycles. The molecule has 0 amide bonds. The van der Waals surface area contributed by atoms with Crippen molar-refractivity contribution in [3.05, 3.63) is 29.8 Å². The lowest BCUT2D eigenvalue weighted by molar-refractivity contribution is 0.242. The van der Waals surface area contributed by atoms with E-state index in [4.69, 9.17) is 4.74 Å². The highest BCUT2D eigenvalue weighted by Crippen LogP contribution is 2.14. The van der Waals surface area contributed by atoms with Gasteiger partial charge in [-0.1, -0.05) is 19.1 Å². The standard InChI is InChI=1S/C13H21NO/c1-4-8-14-10-12-6-5-7-13(9-12)15-11(2)3/h5-7,9,11,14H,4,8,10H2,1-3H3. The largest absolute Gasteiger partial charge is 0.491 e. The van der Waals surface area contributed by atoms with Crippen LogP contribution in [0.2, 0.25) is 0 Å². The minimum atomic E-state index is 0.240. The van der Waals surface area contributed by atoms with Crippen LogP contribution in [0.4, 0.5) is 0 Å². The van der Waals surface area contributed by atoms with Gasteiger partial charge in [0.15, 0.2) is 0 Å². The zero-order chi connectivity index (χ0) is 11.1. The smallest absolute Gasteiger partial charge is 0.120 e. The number of hydrogen-bond acceptors (Lipinski definition) is 2. The van der Waals surface area contributed by atoms with Crippen LogP contribution in [0.1, 0.15) is 32.8 Å². The Bertz CT molecular complexity index is 284. The molecule has 84 valence electrons. The summed E-state index contributed by atoms with van der Waals surface area (Å²) in [7, 11) is 0. The summed E-state index contributed by atoms with van der Waals surface area (Å²) in [5.74, 6) is 0.959. The molecule has 0 heterocycles. The van der Waals surface area contributed by atoms with Crippen molar-refractivity contribution in [3.63, 3.8) is 0 Å². The van der Waals surface area contributed by atoms with E-state index >= 15 is 0 Å². The van der Waals surface area contributed by atoms with Crippen molar-refractivity contribution in [1.82, 2.24) is 5.32 Å². The van der Waals surface area contributed by atoms with E-state index in [2.05, 4.69) is 24.4 Å². The first-order chi connectivity index (χ1) is 7.22. The van der Waals surface area contributed by atoms with E-state index < -0.39 is 0 Å². The normalized spacial score (nSPS) is 10.7. The third-order valence-corrected chi connectivity index (χ3v) is 2.03. The van der Waals surface area contributed by atoms with Crippen LogP contribution in [0.15, 0.2) is 24.3 Å². The molecule has 0 unspecified atom stereocenters. The van der Waals surface area contributed by atoms with Crippen molar-refractivity contribution in [2.75, 3.05) is 6.54 Å². The van der Waals surface area contributed by atoms with Gasteiger partial charge in [0.2, 0.25) is 0 Å². The molecular weight excluding hydrogens is 186 g/mol. The summed E-state index contributed by atoms with van der Waals surface area (Å²) < 4.78 is 5.63. The summed E-state index contributed by atoms with van der Waals surface area (Å²) in [6.45, 7) is 8.24. The summed E-state index contributed by atoms with van der Waals surface area (Å²) in [6, 6.07) is 8.27. The first-order valence-electron chi connectivity index (χ1n) is 5.68. The molecule has 0 fully saturated rings. The summed E-state index contributed by atoms with van der Waals surface area (Å²) in [5, 5.41) is 3.38. The van der Waals surface area contributed by atoms with Gasteiger partial charge in [-0.15, -0.1) is 0 Å². The number of hydrogen-bond donors (Lipinski definition) is 1. The molecular formula is C13H21NO. The number of ether oxygens (including phenoxy) is 1. The van der Waals surface area contributed by atoms with Gasteiger partial charge in [0.05, 0.1) is 6.10 Å². The van der Waals surface area contributed by atoms with Crippen molar-refractivity contribution in [1.29, 1.82) is 0 Å². The fraction of sp³-hybridized carbons (Fsp3) is 0.538. The highest BCUT2D eigenvalue weighted by atomic mass is 16.5. The summed E-state index contributed by atoms with van der Waals surface area (Å²) in [5.41, 5.74) is 1.28. The van der Waals surface area contributed by atoms with Gasteiger partial charge in [0, 0.05) is 6.54 Å².